The summed E-state index contributed by atoms with van der Waals surface area (Å²) in [5.74, 6) is 5.78. The Bertz CT molecular complexity index is 2030. The molecule has 6 fully saturated rings. The molecule has 3 saturated carbocycles. The Kier molecular flexibility index (Phi) is 3.65. The van der Waals surface area contributed by atoms with Crippen molar-refractivity contribution < 1.29 is 0 Å². The standard InChI is InChI=1S/C34H28N6/c1-3-17(19-5-7-22-25(11-19)38-33(36-22)27-14-21-13-24(21)35-27)9-15-2-4-18(10-16(1)15)20-6-8-23-26(12-20)39-34(37-23)32-30-28-29(30)31(28)40-32/h1-12,21,24,27-32,35,40H,13-14H2,(H,36,38)(H,37,39)/t21-,24-,27+,28-,29?,30?,31?,32+/m1/s1. The Labute approximate surface area is 230 Å². The summed E-state index contributed by atoms with van der Waals surface area (Å²) in [5.41, 5.74) is 9.24. The van der Waals surface area contributed by atoms with Gasteiger partial charge in [0.15, 0.2) is 0 Å². The lowest BCUT2D eigenvalue weighted by Crippen LogP contribution is -2.18. The average Bonchev–Trinajstić information content (AvgIpc) is 3.76. The Morgan fingerprint density at radius 2 is 1.18 bits per heavy atom. The van der Waals surface area contributed by atoms with Crippen LogP contribution in [0, 0.1) is 23.7 Å². The molecule has 6 nitrogen and oxygen atoms in total. The highest BCUT2D eigenvalue weighted by Gasteiger charge is 2.81. The SMILES string of the molecule is c1cc2cc(-c3ccc4nc([C@H]5NC6C7C5[C@H]67)[nH]c4c3)ccc2cc1-c1ccc2nc([C@@H]3C[C@H]4C[C@H]4N3)[nH]c2c1. The van der Waals surface area contributed by atoms with Crippen molar-refractivity contribution in [3.8, 4) is 22.3 Å². The van der Waals surface area contributed by atoms with Gasteiger partial charge >= 0.3 is 0 Å². The van der Waals surface area contributed by atoms with E-state index >= 15 is 0 Å². The van der Waals surface area contributed by atoms with Gasteiger partial charge in [0.1, 0.15) is 11.6 Å². The monoisotopic (exact) mass is 520 g/mol. The first kappa shape index (κ1) is 20.8. The fourth-order valence-electron chi connectivity index (χ4n) is 8.19. The lowest BCUT2D eigenvalue weighted by Gasteiger charge is -2.08. The maximum absolute atomic E-state index is 4.93. The van der Waals surface area contributed by atoms with Gasteiger partial charge in [-0.2, -0.15) is 0 Å². The molecule has 0 spiro atoms. The number of nitrogens with one attached hydrogen (secondary N) is 4. The molecule has 194 valence electrons. The first-order valence-corrected chi connectivity index (χ1v) is 14.8. The van der Waals surface area contributed by atoms with Crippen LogP contribution in [0.15, 0.2) is 72.8 Å². The molecule has 4 aromatic carbocycles. The van der Waals surface area contributed by atoms with Crippen LogP contribution in [-0.2, 0) is 0 Å². The lowest BCUT2D eigenvalue weighted by atomic mass is 9.97. The third kappa shape index (κ3) is 2.85. The van der Waals surface area contributed by atoms with Gasteiger partial charge in [0.05, 0.1) is 34.2 Å². The number of imidazole rings is 2. The number of aromatic amines is 2. The van der Waals surface area contributed by atoms with Crippen LogP contribution in [0.25, 0.3) is 55.1 Å². The molecule has 6 aromatic rings. The number of hydrogen-bond donors (Lipinski definition) is 4. The van der Waals surface area contributed by atoms with E-state index in [1.165, 1.54) is 45.9 Å². The number of hydrogen-bond acceptors (Lipinski definition) is 4. The van der Waals surface area contributed by atoms with E-state index in [4.69, 9.17) is 9.97 Å². The molecule has 40 heavy (non-hydrogen) atoms. The van der Waals surface area contributed by atoms with Gasteiger partial charge in [0.2, 0.25) is 0 Å². The molecule has 0 radical (unpaired) electrons. The van der Waals surface area contributed by atoms with Crippen LogP contribution >= 0.6 is 0 Å². The summed E-state index contributed by atoms with van der Waals surface area (Å²) in [4.78, 5) is 17.1. The molecule has 6 aliphatic rings. The van der Waals surface area contributed by atoms with Crippen molar-refractivity contribution in [3.05, 3.63) is 84.4 Å². The Hall–Kier alpha value is -4.00. The smallest absolute Gasteiger partial charge is 0.124 e. The van der Waals surface area contributed by atoms with E-state index in [1.54, 1.807) is 0 Å². The average molecular weight is 521 g/mol. The summed E-state index contributed by atoms with van der Waals surface area (Å²) < 4.78 is 0. The van der Waals surface area contributed by atoms with Crippen LogP contribution in [0.2, 0.25) is 0 Å². The molecule has 6 heteroatoms. The van der Waals surface area contributed by atoms with Gasteiger partial charge in [-0.05, 0) is 106 Å². The number of piperidine rings is 2. The van der Waals surface area contributed by atoms with Gasteiger partial charge < -0.3 is 20.6 Å². The Balaban J connectivity index is 0.899. The zero-order valence-electron chi connectivity index (χ0n) is 21.9. The minimum atomic E-state index is 0.376. The molecular formula is C34H28N6. The number of nitrogens with zero attached hydrogens (tertiary/aromatic N) is 2. The second-order valence-electron chi connectivity index (χ2n) is 12.9. The van der Waals surface area contributed by atoms with Gasteiger partial charge in [-0.25, -0.2) is 9.97 Å². The largest absolute Gasteiger partial charge is 0.341 e. The lowest BCUT2D eigenvalue weighted by molar-refractivity contribution is 0.544. The van der Waals surface area contributed by atoms with Gasteiger partial charge in [-0.3, -0.25) is 0 Å². The zero-order chi connectivity index (χ0) is 25.7. The van der Waals surface area contributed by atoms with Crippen molar-refractivity contribution in [2.45, 2.75) is 37.0 Å². The molecule has 12 rings (SSSR count). The van der Waals surface area contributed by atoms with E-state index in [-0.39, 0.29) is 0 Å². The quantitative estimate of drug-likeness (QED) is 0.222. The topological polar surface area (TPSA) is 81.4 Å². The molecule has 2 aromatic heterocycles. The predicted octanol–water partition coefficient (Wildman–Crippen LogP) is 6.24. The Morgan fingerprint density at radius 3 is 1.77 bits per heavy atom. The van der Waals surface area contributed by atoms with E-state index in [0.29, 0.717) is 12.1 Å². The van der Waals surface area contributed by atoms with Crippen LogP contribution < -0.4 is 10.6 Å². The van der Waals surface area contributed by atoms with Crippen molar-refractivity contribution in [2.24, 2.45) is 23.7 Å². The van der Waals surface area contributed by atoms with Crippen LogP contribution in [0.5, 0.6) is 0 Å². The highest BCUT2D eigenvalue weighted by Crippen LogP contribution is 2.77. The van der Waals surface area contributed by atoms with Crippen LogP contribution in [0.1, 0.15) is 36.6 Å². The van der Waals surface area contributed by atoms with E-state index in [9.17, 15) is 0 Å². The maximum atomic E-state index is 4.93. The van der Waals surface area contributed by atoms with Crippen LogP contribution in [0.4, 0.5) is 0 Å². The second-order valence-corrected chi connectivity index (χ2v) is 12.9. The normalized spacial score (nSPS) is 32.6. The number of benzene rings is 4. The van der Waals surface area contributed by atoms with Gasteiger partial charge in [-0.15, -0.1) is 0 Å². The van der Waals surface area contributed by atoms with Gasteiger partial charge in [-0.1, -0.05) is 36.4 Å². The number of aromatic nitrogens is 4. The predicted molar refractivity (Wildman–Crippen MR) is 157 cm³/mol. The second kappa shape index (κ2) is 7.00. The summed E-state index contributed by atoms with van der Waals surface area (Å²) in [6.07, 6.45) is 2.55. The van der Waals surface area contributed by atoms with Crippen molar-refractivity contribution in [2.75, 3.05) is 0 Å². The molecule has 3 unspecified atom stereocenters. The number of H-pyrrole nitrogens is 2. The molecule has 4 N–H and O–H groups in total. The van der Waals surface area contributed by atoms with Crippen molar-refractivity contribution in [1.82, 2.24) is 30.6 Å². The fourth-order valence-corrected chi connectivity index (χ4v) is 8.19. The zero-order valence-corrected chi connectivity index (χ0v) is 21.9. The summed E-state index contributed by atoms with van der Waals surface area (Å²) in [5, 5.41) is 9.96. The summed E-state index contributed by atoms with van der Waals surface area (Å²) in [6.45, 7) is 0. The fraction of sp³-hybridized carbons (Fsp3) is 0.294. The van der Waals surface area contributed by atoms with E-state index < -0.39 is 0 Å². The maximum Gasteiger partial charge on any atom is 0.124 e. The van der Waals surface area contributed by atoms with E-state index in [0.717, 1.165) is 69.5 Å². The molecule has 8 atom stereocenters. The van der Waals surface area contributed by atoms with Crippen molar-refractivity contribution >= 4 is 32.8 Å². The van der Waals surface area contributed by atoms with Crippen molar-refractivity contribution in [1.29, 1.82) is 0 Å². The molecule has 3 aliphatic carbocycles. The minimum Gasteiger partial charge on any atom is -0.341 e. The van der Waals surface area contributed by atoms with Crippen molar-refractivity contribution in [3.63, 3.8) is 0 Å². The van der Waals surface area contributed by atoms with Crippen LogP contribution in [-0.4, -0.2) is 32.0 Å². The van der Waals surface area contributed by atoms with E-state index in [2.05, 4.69) is 93.4 Å². The molecule has 2 bridgehead atoms. The highest BCUT2D eigenvalue weighted by atomic mass is 15.2. The molecule has 0 amide bonds. The molecule has 5 heterocycles. The molecular weight excluding hydrogens is 492 g/mol. The first-order chi connectivity index (χ1) is 19.7. The molecule has 3 aliphatic heterocycles. The minimum absolute atomic E-state index is 0.376. The third-order valence-corrected chi connectivity index (χ3v) is 10.6. The number of rotatable bonds is 4. The van der Waals surface area contributed by atoms with Gasteiger partial charge in [0, 0.05) is 12.1 Å². The van der Waals surface area contributed by atoms with E-state index in [1.807, 2.05) is 0 Å². The third-order valence-electron chi connectivity index (χ3n) is 10.6. The first-order valence-electron chi connectivity index (χ1n) is 14.8. The van der Waals surface area contributed by atoms with Crippen LogP contribution in [0.3, 0.4) is 0 Å². The van der Waals surface area contributed by atoms with Gasteiger partial charge in [0.25, 0.3) is 0 Å². The summed E-state index contributed by atoms with van der Waals surface area (Å²) >= 11 is 0. The number of fused-ring (bicyclic) bond motifs is 5. The summed E-state index contributed by atoms with van der Waals surface area (Å²) in [7, 11) is 0. The highest BCUT2D eigenvalue weighted by molar-refractivity contribution is 5.93. The Morgan fingerprint density at radius 1 is 0.575 bits per heavy atom. The molecule has 3 saturated heterocycles. The summed E-state index contributed by atoms with van der Waals surface area (Å²) in [6, 6.07) is 29.1.